The maximum absolute atomic E-state index is 8.96. The normalized spacial score (nSPS) is 37.6. The van der Waals surface area contributed by atoms with Crippen molar-refractivity contribution >= 4 is 0 Å². The third-order valence-electron chi connectivity index (χ3n) is 5.61. The van der Waals surface area contributed by atoms with Crippen LogP contribution in [0.3, 0.4) is 0 Å². The Kier molecular flexibility index (Phi) is 5.36. The Hall–Kier alpha value is -0.120. The smallest absolute Gasteiger partial charge is 0.0633 e. The standard InChI is InChI=1S/C17H30O3/c18-11-5-4-8-14-15(17-10-9-16(14)20-17)12-19-13-6-2-1-3-7-13/h13-18H,1-12H2/t14-,15+,16-,17+/m0/s1. The summed E-state index contributed by atoms with van der Waals surface area (Å²) >= 11 is 0. The Morgan fingerprint density at radius 1 is 0.900 bits per heavy atom. The fourth-order valence-corrected chi connectivity index (χ4v) is 4.47. The van der Waals surface area contributed by atoms with Crippen LogP contribution in [0.15, 0.2) is 0 Å². The van der Waals surface area contributed by atoms with Gasteiger partial charge in [0.15, 0.2) is 0 Å². The summed E-state index contributed by atoms with van der Waals surface area (Å²) in [6.45, 7) is 1.24. The molecule has 3 heteroatoms. The molecule has 1 aliphatic carbocycles. The fourth-order valence-electron chi connectivity index (χ4n) is 4.47. The molecule has 1 N–H and O–H groups in total. The van der Waals surface area contributed by atoms with E-state index in [1.807, 2.05) is 0 Å². The first-order valence-corrected chi connectivity index (χ1v) is 8.76. The van der Waals surface area contributed by atoms with Gasteiger partial charge in [0.2, 0.25) is 0 Å². The highest BCUT2D eigenvalue weighted by molar-refractivity contribution is 4.96. The predicted octanol–water partition coefficient (Wildman–Crippen LogP) is 3.29. The third-order valence-corrected chi connectivity index (χ3v) is 5.61. The third kappa shape index (κ3) is 3.37. The summed E-state index contributed by atoms with van der Waals surface area (Å²) in [6.07, 6.45) is 13.8. The van der Waals surface area contributed by atoms with Crippen LogP contribution in [0.2, 0.25) is 0 Å². The lowest BCUT2D eigenvalue weighted by atomic mass is 9.77. The molecule has 0 aromatic carbocycles. The number of hydrogen-bond donors (Lipinski definition) is 1. The van der Waals surface area contributed by atoms with Gasteiger partial charge in [0.1, 0.15) is 0 Å². The number of fused-ring (bicyclic) bond motifs is 2. The van der Waals surface area contributed by atoms with Crippen molar-refractivity contribution < 1.29 is 14.6 Å². The highest BCUT2D eigenvalue weighted by Gasteiger charge is 2.48. The van der Waals surface area contributed by atoms with Gasteiger partial charge in [-0.15, -0.1) is 0 Å². The van der Waals surface area contributed by atoms with Crippen molar-refractivity contribution in [3.63, 3.8) is 0 Å². The number of ether oxygens (including phenoxy) is 2. The molecule has 2 saturated heterocycles. The zero-order valence-corrected chi connectivity index (χ0v) is 12.6. The summed E-state index contributed by atoms with van der Waals surface area (Å²) in [5.74, 6) is 1.30. The molecule has 3 aliphatic rings. The first-order valence-electron chi connectivity index (χ1n) is 8.76. The van der Waals surface area contributed by atoms with Gasteiger partial charge in [0, 0.05) is 12.5 Å². The fraction of sp³-hybridized carbons (Fsp3) is 1.00. The Balaban J connectivity index is 1.47. The van der Waals surface area contributed by atoms with Crippen LogP contribution in [0.5, 0.6) is 0 Å². The van der Waals surface area contributed by atoms with Crippen molar-refractivity contribution in [1.29, 1.82) is 0 Å². The molecule has 3 nitrogen and oxygen atoms in total. The summed E-state index contributed by atoms with van der Waals surface area (Å²) in [4.78, 5) is 0. The summed E-state index contributed by atoms with van der Waals surface area (Å²) < 4.78 is 12.4. The van der Waals surface area contributed by atoms with E-state index in [2.05, 4.69) is 0 Å². The number of aliphatic hydroxyl groups excluding tert-OH is 1. The van der Waals surface area contributed by atoms with E-state index in [4.69, 9.17) is 14.6 Å². The molecule has 2 heterocycles. The van der Waals surface area contributed by atoms with E-state index in [1.165, 1.54) is 51.4 Å². The number of hydrogen-bond acceptors (Lipinski definition) is 3. The van der Waals surface area contributed by atoms with E-state index in [9.17, 15) is 0 Å². The van der Waals surface area contributed by atoms with Gasteiger partial charge in [-0.3, -0.25) is 0 Å². The second-order valence-electron chi connectivity index (χ2n) is 6.93. The molecule has 0 aromatic rings. The lowest BCUT2D eigenvalue weighted by Crippen LogP contribution is -2.32. The van der Waals surface area contributed by atoms with Crippen LogP contribution in [-0.2, 0) is 9.47 Å². The van der Waals surface area contributed by atoms with Crippen molar-refractivity contribution in [3.8, 4) is 0 Å². The van der Waals surface area contributed by atoms with Gasteiger partial charge in [-0.2, -0.15) is 0 Å². The van der Waals surface area contributed by atoms with E-state index in [0.29, 0.717) is 36.8 Å². The molecule has 116 valence electrons. The van der Waals surface area contributed by atoms with E-state index < -0.39 is 0 Å². The topological polar surface area (TPSA) is 38.7 Å². The summed E-state index contributed by atoms with van der Waals surface area (Å²) in [5, 5.41) is 8.96. The summed E-state index contributed by atoms with van der Waals surface area (Å²) in [7, 11) is 0. The van der Waals surface area contributed by atoms with Crippen LogP contribution >= 0.6 is 0 Å². The van der Waals surface area contributed by atoms with Crippen LogP contribution in [0.25, 0.3) is 0 Å². The van der Waals surface area contributed by atoms with Crippen LogP contribution < -0.4 is 0 Å². The quantitative estimate of drug-likeness (QED) is 0.728. The van der Waals surface area contributed by atoms with E-state index in [0.717, 1.165) is 19.4 Å². The Morgan fingerprint density at radius 3 is 2.40 bits per heavy atom. The molecule has 0 spiro atoms. The van der Waals surface area contributed by atoms with Gasteiger partial charge in [0.05, 0.1) is 24.9 Å². The molecule has 2 bridgehead atoms. The minimum absolute atomic E-state index is 0.324. The van der Waals surface area contributed by atoms with Crippen molar-refractivity contribution in [2.24, 2.45) is 11.8 Å². The summed E-state index contributed by atoms with van der Waals surface area (Å²) in [5.41, 5.74) is 0. The molecular weight excluding hydrogens is 252 g/mol. The van der Waals surface area contributed by atoms with E-state index in [-0.39, 0.29) is 0 Å². The molecule has 0 radical (unpaired) electrons. The highest BCUT2D eigenvalue weighted by atomic mass is 16.5. The Labute approximate surface area is 123 Å². The van der Waals surface area contributed by atoms with Gasteiger partial charge in [-0.25, -0.2) is 0 Å². The van der Waals surface area contributed by atoms with E-state index in [1.54, 1.807) is 0 Å². The number of unbranched alkanes of at least 4 members (excludes halogenated alkanes) is 1. The van der Waals surface area contributed by atoms with Gasteiger partial charge < -0.3 is 14.6 Å². The predicted molar refractivity (Wildman–Crippen MR) is 78.6 cm³/mol. The molecule has 1 saturated carbocycles. The average Bonchev–Trinajstić information content (AvgIpc) is 3.08. The molecule has 2 aliphatic heterocycles. The van der Waals surface area contributed by atoms with Gasteiger partial charge >= 0.3 is 0 Å². The molecule has 20 heavy (non-hydrogen) atoms. The van der Waals surface area contributed by atoms with Crippen molar-refractivity contribution in [2.75, 3.05) is 13.2 Å². The van der Waals surface area contributed by atoms with Crippen molar-refractivity contribution in [1.82, 2.24) is 0 Å². The Morgan fingerprint density at radius 2 is 1.65 bits per heavy atom. The lowest BCUT2D eigenvalue weighted by molar-refractivity contribution is -0.0138. The maximum atomic E-state index is 8.96. The molecule has 3 rings (SSSR count). The first kappa shape index (κ1) is 14.8. The highest BCUT2D eigenvalue weighted by Crippen LogP contribution is 2.46. The SMILES string of the molecule is OCCCC[C@H]1[C@@H](COC2CCCCC2)[C@H]2CC[C@@H]1O2. The van der Waals surface area contributed by atoms with Crippen molar-refractivity contribution in [2.45, 2.75) is 82.5 Å². The molecule has 0 aromatic heterocycles. The number of rotatable bonds is 7. The molecule has 0 amide bonds. The number of aliphatic hydroxyl groups is 1. The second kappa shape index (κ2) is 7.24. The summed E-state index contributed by atoms with van der Waals surface area (Å²) in [6, 6.07) is 0. The first-order chi connectivity index (χ1) is 9.88. The largest absolute Gasteiger partial charge is 0.396 e. The molecule has 3 fully saturated rings. The monoisotopic (exact) mass is 282 g/mol. The van der Waals surface area contributed by atoms with Gasteiger partial charge in [-0.1, -0.05) is 25.7 Å². The van der Waals surface area contributed by atoms with Crippen molar-refractivity contribution in [3.05, 3.63) is 0 Å². The van der Waals surface area contributed by atoms with Crippen LogP contribution in [-0.4, -0.2) is 36.6 Å². The Bertz CT molecular complexity index is 288. The van der Waals surface area contributed by atoms with Gasteiger partial charge in [-0.05, 0) is 44.4 Å². The zero-order valence-electron chi connectivity index (χ0n) is 12.6. The van der Waals surface area contributed by atoms with Crippen LogP contribution in [0.1, 0.15) is 64.2 Å². The minimum Gasteiger partial charge on any atom is -0.396 e. The lowest BCUT2D eigenvalue weighted by Gasteiger charge is -2.30. The van der Waals surface area contributed by atoms with E-state index >= 15 is 0 Å². The maximum Gasteiger partial charge on any atom is 0.0633 e. The van der Waals surface area contributed by atoms with Crippen LogP contribution in [0, 0.1) is 11.8 Å². The van der Waals surface area contributed by atoms with Gasteiger partial charge in [0.25, 0.3) is 0 Å². The molecule has 0 unspecified atom stereocenters. The zero-order chi connectivity index (χ0) is 13.8. The second-order valence-corrected chi connectivity index (χ2v) is 6.93. The molecular formula is C17H30O3. The molecule has 4 atom stereocenters. The average molecular weight is 282 g/mol. The van der Waals surface area contributed by atoms with Crippen LogP contribution in [0.4, 0.5) is 0 Å². The minimum atomic E-state index is 0.324.